The molecule has 0 bridgehead atoms. The highest BCUT2D eigenvalue weighted by Gasteiger charge is 2.05. The van der Waals surface area contributed by atoms with Crippen molar-refractivity contribution in [1.29, 1.82) is 0 Å². The highest BCUT2D eigenvalue weighted by molar-refractivity contribution is 4.99. The Morgan fingerprint density at radius 2 is 2.38 bits per heavy atom. The minimum Gasteiger partial charge on any atom is -0.405 e. The van der Waals surface area contributed by atoms with Gasteiger partial charge in [-0.1, -0.05) is 6.07 Å². The van der Waals surface area contributed by atoms with Gasteiger partial charge in [0.15, 0.2) is 0 Å². The molecule has 3 N–H and O–H groups in total. The van der Waals surface area contributed by atoms with Crippen LogP contribution >= 0.6 is 0 Å². The fourth-order valence-electron chi connectivity index (χ4n) is 1.08. The Morgan fingerprint density at radius 1 is 1.62 bits per heavy atom. The summed E-state index contributed by atoms with van der Waals surface area (Å²) in [6.45, 7) is -0.141. The van der Waals surface area contributed by atoms with Gasteiger partial charge in [-0.2, -0.15) is 0 Å². The van der Waals surface area contributed by atoms with Gasteiger partial charge < -0.3 is 15.4 Å². The zero-order valence-electron chi connectivity index (χ0n) is 7.13. The van der Waals surface area contributed by atoms with Crippen LogP contribution in [-0.2, 0) is 0 Å². The molecule has 0 aliphatic heterocycles. The van der Waals surface area contributed by atoms with E-state index in [4.69, 9.17) is 10.8 Å². The molecule has 0 radical (unpaired) electrons. The highest BCUT2D eigenvalue weighted by atomic mass is 16.3. The van der Waals surface area contributed by atoms with E-state index in [0.29, 0.717) is 0 Å². The van der Waals surface area contributed by atoms with E-state index in [1.165, 1.54) is 16.8 Å². The van der Waals surface area contributed by atoms with Gasteiger partial charge in [0.25, 0.3) is 5.56 Å². The van der Waals surface area contributed by atoms with Crippen molar-refractivity contribution in [3.63, 3.8) is 0 Å². The van der Waals surface area contributed by atoms with Gasteiger partial charge in [-0.05, 0) is 18.3 Å². The first-order valence-corrected chi connectivity index (χ1v) is 3.96. The van der Waals surface area contributed by atoms with E-state index < -0.39 is 0 Å². The van der Waals surface area contributed by atoms with Crippen LogP contribution in [-0.4, -0.2) is 16.3 Å². The minimum absolute atomic E-state index is 0.141. The third-order valence-corrected chi connectivity index (χ3v) is 1.73. The summed E-state index contributed by atoms with van der Waals surface area (Å²) in [4.78, 5) is 11.3. The number of aromatic nitrogens is 1. The maximum Gasteiger partial charge on any atom is 0.251 e. The van der Waals surface area contributed by atoms with Gasteiger partial charge in [-0.15, -0.1) is 0 Å². The molecule has 0 aliphatic carbocycles. The quantitative estimate of drug-likeness (QED) is 0.680. The number of nitrogens with two attached hydrogens (primary N) is 1. The fourth-order valence-corrected chi connectivity index (χ4v) is 1.08. The van der Waals surface area contributed by atoms with Crippen LogP contribution in [0, 0.1) is 0 Å². The second-order valence-electron chi connectivity index (χ2n) is 2.58. The standard InChI is InChI=1S/C9H12N2O2/c10-5-4-8(7-12)11-6-2-1-3-9(11)13/h1-6,8,12H,7,10H2/b5-4-. The van der Waals surface area contributed by atoms with Crippen molar-refractivity contribution in [2.45, 2.75) is 6.04 Å². The molecule has 70 valence electrons. The third kappa shape index (κ3) is 2.19. The predicted octanol–water partition coefficient (Wildman–Crippen LogP) is -0.146. The summed E-state index contributed by atoms with van der Waals surface area (Å²) in [6.07, 6.45) is 4.50. The summed E-state index contributed by atoms with van der Waals surface area (Å²) in [5, 5.41) is 8.97. The monoisotopic (exact) mass is 180 g/mol. The van der Waals surface area contributed by atoms with Crippen LogP contribution in [0.2, 0.25) is 0 Å². The number of pyridine rings is 1. The second kappa shape index (κ2) is 4.47. The molecule has 0 amide bonds. The lowest BCUT2D eigenvalue weighted by molar-refractivity contribution is 0.251. The molecule has 1 atom stereocenters. The molecule has 4 heteroatoms. The Hall–Kier alpha value is -1.55. The summed E-state index contributed by atoms with van der Waals surface area (Å²) in [6, 6.07) is 4.44. The van der Waals surface area contributed by atoms with Crippen LogP contribution in [0.4, 0.5) is 0 Å². The van der Waals surface area contributed by atoms with E-state index in [9.17, 15) is 4.79 Å². The number of aliphatic hydroxyl groups is 1. The number of nitrogens with zero attached hydrogens (tertiary/aromatic N) is 1. The van der Waals surface area contributed by atoms with Gasteiger partial charge in [0.05, 0.1) is 12.6 Å². The van der Waals surface area contributed by atoms with E-state index in [1.807, 2.05) is 0 Å². The number of hydrogen-bond acceptors (Lipinski definition) is 3. The van der Waals surface area contributed by atoms with Gasteiger partial charge in [0.1, 0.15) is 0 Å². The average Bonchev–Trinajstić information content (AvgIpc) is 2.16. The van der Waals surface area contributed by atoms with Gasteiger partial charge in [-0.3, -0.25) is 4.79 Å². The van der Waals surface area contributed by atoms with Gasteiger partial charge in [0.2, 0.25) is 0 Å². The number of rotatable bonds is 3. The molecule has 1 rings (SSSR count). The van der Waals surface area contributed by atoms with Crippen molar-refractivity contribution < 1.29 is 5.11 Å². The predicted molar refractivity (Wildman–Crippen MR) is 50.2 cm³/mol. The van der Waals surface area contributed by atoms with Gasteiger partial charge in [-0.25, -0.2) is 0 Å². The van der Waals surface area contributed by atoms with Gasteiger partial charge >= 0.3 is 0 Å². The van der Waals surface area contributed by atoms with E-state index in [-0.39, 0.29) is 18.2 Å². The normalized spacial score (nSPS) is 13.3. The van der Waals surface area contributed by atoms with Crippen molar-refractivity contribution in [2.75, 3.05) is 6.61 Å². The Labute approximate surface area is 75.9 Å². The molecule has 0 saturated carbocycles. The third-order valence-electron chi connectivity index (χ3n) is 1.73. The molecule has 0 aliphatic rings. The molecular formula is C9H12N2O2. The van der Waals surface area contributed by atoms with Crippen molar-refractivity contribution >= 4 is 0 Å². The summed E-state index contributed by atoms with van der Waals surface area (Å²) >= 11 is 0. The van der Waals surface area contributed by atoms with Gasteiger partial charge in [0, 0.05) is 12.3 Å². The van der Waals surface area contributed by atoms with E-state index in [1.54, 1.807) is 24.4 Å². The largest absolute Gasteiger partial charge is 0.405 e. The van der Waals surface area contributed by atoms with Crippen LogP contribution in [0.1, 0.15) is 6.04 Å². The van der Waals surface area contributed by atoms with E-state index >= 15 is 0 Å². The minimum atomic E-state index is -0.376. The lowest BCUT2D eigenvalue weighted by Crippen LogP contribution is -2.24. The van der Waals surface area contributed by atoms with E-state index in [0.717, 1.165) is 0 Å². The summed E-state index contributed by atoms with van der Waals surface area (Å²) < 4.78 is 1.42. The molecule has 1 aromatic heterocycles. The van der Waals surface area contributed by atoms with Crippen molar-refractivity contribution in [3.05, 3.63) is 47.0 Å². The molecule has 4 nitrogen and oxygen atoms in total. The first-order chi connectivity index (χ1) is 6.29. The number of hydrogen-bond donors (Lipinski definition) is 2. The molecule has 1 unspecified atom stereocenters. The smallest absolute Gasteiger partial charge is 0.251 e. The Bertz CT molecular complexity index is 343. The maximum absolute atomic E-state index is 11.3. The fraction of sp³-hybridized carbons (Fsp3) is 0.222. The Morgan fingerprint density at radius 3 is 2.92 bits per heavy atom. The summed E-state index contributed by atoms with van der Waals surface area (Å²) in [5.74, 6) is 0. The highest BCUT2D eigenvalue weighted by Crippen LogP contribution is 2.02. The molecule has 0 spiro atoms. The Balaban J connectivity index is 3.04. The van der Waals surface area contributed by atoms with Crippen LogP contribution in [0.25, 0.3) is 0 Å². The second-order valence-corrected chi connectivity index (χ2v) is 2.58. The molecule has 1 heterocycles. The van der Waals surface area contributed by atoms with Crippen LogP contribution in [0.5, 0.6) is 0 Å². The van der Waals surface area contributed by atoms with Crippen LogP contribution in [0.15, 0.2) is 41.5 Å². The molecule has 1 aromatic rings. The lowest BCUT2D eigenvalue weighted by atomic mass is 10.3. The molecule has 13 heavy (non-hydrogen) atoms. The first-order valence-electron chi connectivity index (χ1n) is 3.96. The van der Waals surface area contributed by atoms with Crippen LogP contribution in [0.3, 0.4) is 0 Å². The Kier molecular flexibility index (Phi) is 3.28. The SMILES string of the molecule is N/C=C\C(CO)n1ccccc1=O. The summed E-state index contributed by atoms with van der Waals surface area (Å²) in [5.41, 5.74) is 5.03. The zero-order chi connectivity index (χ0) is 9.68. The maximum atomic E-state index is 11.3. The van der Waals surface area contributed by atoms with Crippen molar-refractivity contribution in [3.8, 4) is 0 Å². The lowest BCUT2D eigenvalue weighted by Gasteiger charge is -2.11. The molecule has 0 fully saturated rings. The van der Waals surface area contributed by atoms with Crippen LogP contribution < -0.4 is 11.3 Å². The first kappa shape index (κ1) is 9.54. The molecule has 0 saturated heterocycles. The zero-order valence-corrected chi connectivity index (χ0v) is 7.13. The number of aliphatic hydroxyl groups excluding tert-OH is 1. The van der Waals surface area contributed by atoms with Crippen molar-refractivity contribution in [1.82, 2.24) is 4.57 Å². The summed E-state index contributed by atoms with van der Waals surface area (Å²) in [7, 11) is 0. The molecular weight excluding hydrogens is 168 g/mol. The molecule has 0 aromatic carbocycles. The van der Waals surface area contributed by atoms with E-state index in [2.05, 4.69) is 0 Å². The topological polar surface area (TPSA) is 68.2 Å². The average molecular weight is 180 g/mol. The van der Waals surface area contributed by atoms with Crippen molar-refractivity contribution in [2.24, 2.45) is 5.73 Å².